The number of nitrogens with two attached hydrogens (primary N) is 1. The molecule has 1 aliphatic rings. The molecule has 80 valence electrons. The highest BCUT2D eigenvalue weighted by Crippen LogP contribution is 2.25. The van der Waals surface area contributed by atoms with Gasteiger partial charge in [-0.1, -0.05) is 11.6 Å². The molecule has 0 bridgehead atoms. The van der Waals surface area contributed by atoms with Crippen LogP contribution in [0.15, 0.2) is 18.2 Å². The van der Waals surface area contributed by atoms with E-state index >= 15 is 0 Å². The number of nitrogens with zero attached hydrogens (tertiary/aromatic N) is 1. The Morgan fingerprint density at radius 1 is 1.53 bits per heavy atom. The van der Waals surface area contributed by atoms with Gasteiger partial charge in [-0.3, -0.25) is 4.79 Å². The molecule has 1 heterocycles. The maximum Gasteiger partial charge on any atom is 0.228 e. The van der Waals surface area contributed by atoms with Gasteiger partial charge in [-0.15, -0.1) is 0 Å². The van der Waals surface area contributed by atoms with Crippen LogP contribution >= 0.6 is 11.6 Å². The minimum Gasteiger partial charge on any atom is -0.326 e. The van der Waals surface area contributed by atoms with Crippen molar-refractivity contribution in [3.63, 3.8) is 0 Å². The number of hydrogen-bond acceptors (Lipinski definition) is 2. The van der Waals surface area contributed by atoms with Crippen molar-refractivity contribution < 1.29 is 9.18 Å². The summed E-state index contributed by atoms with van der Waals surface area (Å²) in [6.07, 6.45) is 0.328. The molecule has 1 amide bonds. The quantitative estimate of drug-likeness (QED) is 0.793. The number of amides is 1. The Bertz CT molecular complexity index is 410. The summed E-state index contributed by atoms with van der Waals surface area (Å²) in [7, 11) is 0. The molecular formula is C10H10ClFN2O. The summed E-state index contributed by atoms with van der Waals surface area (Å²) in [5.74, 6) is -0.540. The van der Waals surface area contributed by atoms with Crippen molar-refractivity contribution in [3.8, 4) is 0 Å². The first-order valence-corrected chi connectivity index (χ1v) is 4.96. The third-order valence-corrected chi connectivity index (χ3v) is 2.66. The van der Waals surface area contributed by atoms with Crippen molar-refractivity contribution in [3.05, 3.63) is 29.0 Å². The minimum atomic E-state index is -0.489. The standard InChI is InChI=1S/C10H10ClFN2O/c11-8-4-7(1-2-9(8)12)14-5-6(13)3-10(14)15/h1-2,4,6H,3,5,13H2. The van der Waals surface area contributed by atoms with Gasteiger partial charge < -0.3 is 10.6 Å². The normalized spacial score (nSPS) is 21.1. The van der Waals surface area contributed by atoms with Gasteiger partial charge in [0.15, 0.2) is 0 Å². The molecule has 15 heavy (non-hydrogen) atoms. The van der Waals surface area contributed by atoms with E-state index in [2.05, 4.69) is 0 Å². The summed E-state index contributed by atoms with van der Waals surface area (Å²) in [5, 5.41) is 0.0146. The van der Waals surface area contributed by atoms with E-state index in [1.54, 1.807) is 0 Å². The largest absolute Gasteiger partial charge is 0.326 e. The van der Waals surface area contributed by atoms with Crippen molar-refractivity contribution in [1.29, 1.82) is 0 Å². The summed E-state index contributed by atoms with van der Waals surface area (Å²) in [4.78, 5) is 13.0. The zero-order chi connectivity index (χ0) is 11.0. The second kappa shape index (κ2) is 3.79. The van der Waals surface area contributed by atoms with Crippen LogP contribution in [0, 0.1) is 5.82 Å². The summed E-state index contributed by atoms with van der Waals surface area (Å²) in [6, 6.07) is 4.06. The maximum absolute atomic E-state index is 12.9. The van der Waals surface area contributed by atoms with Crippen molar-refractivity contribution in [2.75, 3.05) is 11.4 Å². The van der Waals surface area contributed by atoms with Gasteiger partial charge in [-0.05, 0) is 18.2 Å². The number of carbonyl (C=O) groups excluding carboxylic acids is 1. The second-order valence-electron chi connectivity index (χ2n) is 3.57. The van der Waals surface area contributed by atoms with Crippen LogP contribution < -0.4 is 10.6 Å². The molecule has 3 nitrogen and oxygen atoms in total. The van der Waals surface area contributed by atoms with Gasteiger partial charge in [0, 0.05) is 24.7 Å². The van der Waals surface area contributed by atoms with Gasteiger partial charge in [0.2, 0.25) is 5.91 Å². The lowest BCUT2D eigenvalue weighted by Gasteiger charge is -2.16. The van der Waals surface area contributed by atoms with E-state index in [9.17, 15) is 9.18 Å². The van der Waals surface area contributed by atoms with Crippen molar-refractivity contribution >= 4 is 23.2 Å². The molecule has 5 heteroatoms. The Morgan fingerprint density at radius 2 is 2.27 bits per heavy atom. The van der Waals surface area contributed by atoms with Gasteiger partial charge in [0.1, 0.15) is 5.82 Å². The number of anilines is 1. The lowest BCUT2D eigenvalue weighted by Crippen LogP contribution is -2.27. The van der Waals surface area contributed by atoms with E-state index in [0.29, 0.717) is 18.7 Å². The average molecular weight is 229 g/mol. The Labute approximate surface area is 91.6 Å². The van der Waals surface area contributed by atoms with Crippen LogP contribution in [0.1, 0.15) is 6.42 Å². The molecule has 1 aliphatic heterocycles. The molecule has 1 atom stereocenters. The molecule has 1 aromatic carbocycles. The van der Waals surface area contributed by atoms with Crippen LogP contribution in [0.5, 0.6) is 0 Å². The maximum atomic E-state index is 12.9. The fourth-order valence-electron chi connectivity index (χ4n) is 1.64. The van der Waals surface area contributed by atoms with E-state index < -0.39 is 5.82 Å². The van der Waals surface area contributed by atoms with Crippen LogP contribution in [0.3, 0.4) is 0 Å². The zero-order valence-corrected chi connectivity index (χ0v) is 8.67. The summed E-state index contributed by atoms with van der Waals surface area (Å²) in [6.45, 7) is 0.459. The van der Waals surface area contributed by atoms with Crippen molar-refractivity contribution in [1.82, 2.24) is 0 Å². The van der Waals surface area contributed by atoms with E-state index in [4.69, 9.17) is 17.3 Å². The SMILES string of the molecule is NC1CC(=O)N(c2ccc(F)c(Cl)c2)C1. The fourth-order valence-corrected chi connectivity index (χ4v) is 1.81. The predicted octanol–water partition coefficient (Wildman–Crippen LogP) is 1.54. The van der Waals surface area contributed by atoms with E-state index in [1.165, 1.54) is 23.1 Å². The Morgan fingerprint density at radius 3 is 2.80 bits per heavy atom. The zero-order valence-electron chi connectivity index (χ0n) is 7.91. The lowest BCUT2D eigenvalue weighted by molar-refractivity contribution is -0.117. The Balaban J connectivity index is 2.30. The Kier molecular flexibility index (Phi) is 2.63. The second-order valence-corrected chi connectivity index (χ2v) is 3.97. The molecule has 0 aliphatic carbocycles. The number of hydrogen-bond donors (Lipinski definition) is 1. The van der Waals surface area contributed by atoms with Crippen LogP contribution in [0.4, 0.5) is 10.1 Å². The number of halogens is 2. The van der Waals surface area contributed by atoms with E-state index in [0.717, 1.165) is 0 Å². The molecule has 1 aromatic rings. The number of carbonyl (C=O) groups is 1. The first-order valence-electron chi connectivity index (χ1n) is 4.59. The van der Waals surface area contributed by atoms with E-state index in [1.807, 2.05) is 0 Å². The minimum absolute atomic E-state index is 0.0146. The van der Waals surface area contributed by atoms with Gasteiger partial charge in [-0.2, -0.15) is 0 Å². The third kappa shape index (κ3) is 1.96. The molecular weight excluding hydrogens is 219 g/mol. The van der Waals surface area contributed by atoms with Crippen LogP contribution in [0.25, 0.3) is 0 Å². The third-order valence-electron chi connectivity index (χ3n) is 2.37. The van der Waals surface area contributed by atoms with E-state index in [-0.39, 0.29) is 17.0 Å². The summed E-state index contributed by atoms with van der Waals surface area (Å²) < 4.78 is 12.9. The first-order chi connectivity index (χ1) is 7.08. The molecule has 1 unspecified atom stereocenters. The van der Waals surface area contributed by atoms with Crippen LogP contribution in [-0.2, 0) is 4.79 Å². The fraction of sp³-hybridized carbons (Fsp3) is 0.300. The first kappa shape index (κ1) is 10.4. The topological polar surface area (TPSA) is 46.3 Å². The molecule has 0 spiro atoms. The highest BCUT2D eigenvalue weighted by atomic mass is 35.5. The monoisotopic (exact) mass is 228 g/mol. The molecule has 1 saturated heterocycles. The summed E-state index contributed by atoms with van der Waals surface area (Å²) in [5.41, 5.74) is 6.25. The average Bonchev–Trinajstić information content (AvgIpc) is 2.50. The predicted molar refractivity (Wildman–Crippen MR) is 56.4 cm³/mol. The smallest absolute Gasteiger partial charge is 0.228 e. The summed E-state index contributed by atoms with van der Waals surface area (Å²) >= 11 is 5.63. The molecule has 0 aromatic heterocycles. The molecule has 1 fully saturated rings. The molecule has 0 saturated carbocycles. The van der Waals surface area contributed by atoms with Gasteiger partial charge in [-0.25, -0.2) is 4.39 Å². The molecule has 2 rings (SSSR count). The highest BCUT2D eigenvalue weighted by molar-refractivity contribution is 6.31. The van der Waals surface area contributed by atoms with Crippen LogP contribution in [0.2, 0.25) is 5.02 Å². The van der Waals surface area contributed by atoms with Gasteiger partial charge in [0.05, 0.1) is 5.02 Å². The van der Waals surface area contributed by atoms with Crippen molar-refractivity contribution in [2.24, 2.45) is 5.73 Å². The van der Waals surface area contributed by atoms with Crippen molar-refractivity contribution in [2.45, 2.75) is 12.5 Å². The van der Waals surface area contributed by atoms with Gasteiger partial charge >= 0.3 is 0 Å². The lowest BCUT2D eigenvalue weighted by atomic mass is 10.3. The number of rotatable bonds is 1. The molecule has 0 radical (unpaired) electrons. The Hall–Kier alpha value is -1.13. The number of benzene rings is 1. The molecule has 2 N–H and O–H groups in total. The highest BCUT2D eigenvalue weighted by Gasteiger charge is 2.28. The van der Waals surface area contributed by atoms with Gasteiger partial charge in [0.25, 0.3) is 0 Å². The van der Waals surface area contributed by atoms with Crippen LogP contribution in [-0.4, -0.2) is 18.5 Å².